The number of hydrogen-bond acceptors (Lipinski definition) is 4. The summed E-state index contributed by atoms with van der Waals surface area (Å²) in [5, 5.41) is 3.01. The predicted molar refractivity (Wildman–Crippen MR) is 79.0 cm³/mol. The highest BCUT2D eigenvalue weighted by Gasteiger charge is 2.10. The van der Waals surface area contributed by atoms with Gasteiger partial charge in [0, 0.05) is 23.3 Å². The number of methoxy groups -OCH3 is 1. The van der Waals surface area contributed by atoms with Crippen LogP contribution in [0.4, 0.5) is 5.82 Å². The van der Waals surface area contributed by atoms with Gasteiger partial charge in [-0.25, -0.2) is 9.97 Å². The molecule has 0 atom stereocenters. The molecule has 0 unspecified atom stereocenters. The molecule has 0 aliphatic heterocycles. The number of nitrogens with one attached hydrogen (secondary N) is 1. The number of anilines is 1. The molecule has 0 bridgehead atoms. The maximum Gasteiger partial charge on any atom is 0.162 e. The molecule has 2 aromatic rings. The summed E-state index contributed by atoms with van der Waals surface area (Å²) in [7, 11) is 3.45. The van der Waals surface area contributed by atoms with E-state index in [2.05, 4.69) is 47.1 Å². The van der Waals surface area contributed by atoms with Gasteiger partial charge in [-0.05, 0) is 34.1 Å². The molecule has 0 aliphatic carbocycles. The molecule has 0 fully saturated rings. The Kier molecular flexibility index (Phi) is 4.19. The van der Waals surface area contributed by atoms with E-state index in [1.54, 1.807) is 13.3 Å². The number of hydrogen-bond donors (Lipinski definition) is 1. The summed E-state index contributed by atoms with van der Waals surface area (Å²) in [4.78, 5) is 8.75. The Labute approximate surface area is 122 Å². The molecule has 1 N–H and O–H groups in total. The van der Waals surface area contributed by atoms with Gasteiger partial charge in [-0.2, -0.15) is 0 Å². The van der Waals surface area contributed by atoms with Crippen molar-refractivity contribution in [2.75, 3.05) is 19.5 Å². The first-order chi connectivity index (χ1) is 8.65. The van der Waals surface area contributed by atoms with Crippen molar-refractivity contribution in [3.63, 3.8) is 0 Å². The Morgan fingerprint density at radius 3 is 2.67 bits per heavy atom. The van der Waals surface area contributed by atoms with Crippen molar-refractivity contribution < 1.29 is 4.74 Å². The van der Waals surface area contributed by atoms with Gasteiger partial charge >= 0.3 is 0 Å². The molecule has 1 aromatic carbocycles. The molecule has 0 spiro atoms. The molecule has 6 heteroatoms. The topological polar surface area (TPSA) is 47.0 Å². The van der Waals surface area contributed by atoms with Gasteiger partial charge in [-0.15, -0.1) is 0 Å². The summed E-state index contributed by atoms with van der Waals surface area (Å²) in [6, 6.07) is 5.69. The van der Waals surface area contributed by atoms with Crippen molar-refractivity contribution in [2.24, 2.45) is 0 Å². The van der Waals surface area contributed by atoms with Crippen molar-refractivity contribution >= 4 is 37.7 Å². The number of aromatic nitrogens is 2. The van der Waals surface area contributed by atoms with Crippen molar-refractivity contribution in [1.82, 2.24) is 9.97 Å². The molecule has 0 amide bonds. The van der Waals surface area contributed by atoms with E-state index in [4.69, 9.17) is 4.74 Å². The second-order valence-corrected chi connectivity index (χ2v) is 5.19. The van der Waals surface area contributed by atoms with Crippen LogP contribution in [0.15, 0.2) is 33.3 Å². The van der Waals surface area contributed by atoms with E-state index in [-0.39, 0.29) is 0 Å². The third kappa shape index (κ3) is 2.64. The van der Waals surface area contributed by atoms with Crippen molar-refractivity contribution in [1.29, 1.82) is 0 Å². The van der Waals surface area contributed by atoms with Gasteiger partial charge in [-0.1, -0.05) is 15.9 Å². The van der Waals surface area contributed by atoms with E-state index >= 15 is 0 Å². The SMILES string of the molecule is CNc1nc(-c2cc(OC)ccc2Br)ncc1Br. The second-order valence-electron chi connectivity index (χ2n) is 3.49. The highest BCUT2D eigenvalue weighted by Crippen LogP contribution is 2.31. The monoisotopic (exact) mass is 371 g/mol. The highest BCUT2D eigenvalue weighted by atomic mass is 79.9. The zero-order valence-corrected chi connectivity index (χ0v) is 13.0. The van der Waals surface area contributed by atoms with Crippen LogP contribution in [0, 0.1) is 0 Å². The molecule has 0 radical (unpaired) electrons. The fraction of sp³-hybridized carbons (Fsp3) is 0.167. The van der Waals surface area contributed by atoms with Gasteiger partial charge in [-0.3, -0.25) is 0 Å². The molecule has 1 aromatic heterocycles. The Bertz CT molecular complexity index is 575. The van der Waals surface area contributed by atoms with Crippen LogP contribution in [0.2, 0.25) is 0 Å². The Morgan fingerprint density at radius 1 is 1.22 bits per heavy atom. The lowest BCUT2D eigenvalue weighted by Gasteiger charge is -2.08. The maximum atomic E-state index is 5.21. The molecule has 2 rings (SSSR count). The molecule has 0 saturated carbocycles. The first-order valence-electron chi connectivity index (χ1n) is 5.20. The minimum atomic E-state index is 0.633. The van der Waals surface area contributed by atoms with Gasteiger partial charge in [0.25, 0.3) is 0 Å². The van der Waals surface area contributed by atoms with E-state index in [1.807, 2.05) is 25.2 Å². The van der Waals surface area contributed by atoms with Crippen LogP contribution in [-0.2, 0) is 0 Å². The van der Waals surface area contributed by atoms with Crippen LogP contribution in [0.1, 0.15) is 0 Å². The van der Waals surface area contributed by atoms with E-state index in [9.17, 15) is 0 Å². The summed E-state index contributed by atoms with van der Waals surface area (Å²) in [5.74, 6) is 2.15. The van der Waals surface area contributed by atoms with Crippen molar-refractivity contribution in [3.05, 3.63) is 33.3 Å². The third-order valence-electron chi connectivity index (χ3n) is 2.40. The lowest BCUT2D eigenvalue weighted by Crippen LogP contribution is -1.98. The van der Waals surface area contributed by atoms with Crippen LogP contribution in [0.3, 0.4) is 0 Å². The Morgan fingerprint density at radius 2 is 2.00 bits per heavy atom. The molecule has 0 saturated heterocycles. The van der Waals surface area contributed by atoms with Crippen molar-refractivity contribution in [3.8, 4) is 17.1 Å². The molecule has 4 nitrogen and oxygen atoms in total. The van der Waals surface area contributed by atoms with Crippen LogP contribution < -0.4 is 10.1 Å². The molecule has 1 heterocycles. The van der Waals surface area contributed by atoms with E-state index < -0.39 is 0 Å². The maximum absolute atomic E-state index is 5.21. The number of halogens is 2. The molecule has 18 heavy (non-hydrogen) atoms. The fourth-order valence-corrected chi connectivity index (χ4v) is 2.29. The quantitative estimate of drug-likeness (QED) is 0.891. The van der Waals surface area contributed by atoms with Gasteiger partial charge in [0.15, 0.2) is 5.82 Å². The largest absolute Gasteiger partial charge is 0.497 e. The summed E-state index contributed by atoms with van der Waals surface area (Å²) >= 11 is 6.88. The molecule has 0 aliphatic rings. The molecular formula is C12H11Br2N3O. The lowest BCUT2D eigenvalue weighted by atomic mass is 10.2. The van der Waals surface area contributed by atoms with E-state index in [0.717, 1.165) is 26.1 Å². The number of rotatable bonds is 3. The first kappa shape index (κ1) is 13.3. The summed E-state index contributed by atoms with van der Waals surface area (Å²) in [6.45, 7) is 0. The smallest absolute Gasteiger partial charge is 0.162 e. The number of ether oxygens (including phenoxy) is 1. The fourth-order valence-electron chi connectivity index (χ4n) is 1.47. The van der Waals surface area contributed by atoms with E-state index in [0.29, 0.717) is 5.82 Å². The second kappa shape index (κ2) is 5.67. The molecule has 94 valence electrons. The minimum absolute atomic E-state index is 0.633. The van der Waals surface area contributed by atoms with Crippen LogP contribution in [0.25, 0.3) is 11.4 Å². The van der Waals surface area contributed by atoms with Gasteiger partial charge in [0.05, 0.1) is 11.6 Å². The van der Waals surface area contributed by atoms with E-state index in [1.165, 1.54) is 0 Å². The minimum Gasteiger partial charge on any atom is -0.497 e. The number of benzene rings is 1. The summed E-state index contributed by atoms with van der Waals surface area (Å²) in [6.07, 6.45) is 1.72. The molecular weight excluding hydrogens is 362 g/mol. The normalized spacial score (nSPS) is 10.2. The first-order valence-corrected chi connectivity index (χ1v) is 6.78. The van der Waals surface area contributed by atoms with Crippen LogP contribution in [0.5, 0.6) is 5.75 Å². The predicted octanol–water partition coefficient (Wildman–Crippen LogP) is 3.72. The highest BCUT2D eigenvalue weighted by molar-refractivity contribution is 9.11. The van der Waals surface area contributed by atoms with Crippen molar-refractivity contribution in [2.45, 2.75) is 0 Å². The standard InChI is InChI=1S/C12H11Br2N3O/c1-15-12-10(14)6-16-11(17-12)8-5-7(18-2)3-4-9(8)13/h3-6H,1-2H3,(H,15,16,17). The Balaban J connectivity index is 2.54. The van der Waals surface area contributed by atoms with Gasteiger partial charge in [0.1, 0.15) is 11.6 Å². The average Bonchev–Trinajstić information content (AvgIpc) is 2.40. The van der Waals surface area contributed by atoms with Gasteiger partial charge < -0.3 is 10.1 Å². The Hall–Kier alpha value is -1.14. The zero-order valence-electron chi connectivity index (χ0n) is 9.87. The lowest BCUT2D eigenvalue weighted by molar-refractivity contribution is 0.415. The van der Waals surface area contributed by atoms with Gasteiger partial charge in [0.2, 0.25) is 0 Å². The summed E-state index contributed by atoms with van der Waals surface area (Å²) < 4.78 is 6.96. The number of nitrogens with zero attached hydrogens (tertiary/aromatic N) is 2. The average molecular weight is 373 g/mol. The van der Waals surface area contributed by atoms with Crippen LogP contribution >= 0.6 is 31.9 Å². The zero-order chi connectivity index (χ0) is 13.1. The summed E-state index contributed by atoms with van der Waals surface area (Å²) in [5.41, 5.74) is 0.887. The van der Waals surface area contributed by atoms with Crippen LogP contribution in [-0.4, -0.2) is 24.1 Å². The third-order valence-corrected chi connectivity index (χ3v) is 3.67.